The summed E-state index contributed by atoms with van der Waals surface area (Å²) in [7, 11) is 0. The van der Waals surface area contributed by atoms with E-state index in [2.05, 4.69) is 42.7 Å². The molecule has 0 aliphatic heterocycles. The summed E-state index contributed by atoms with van der Waals surface area (Å²) in [5.41, 5.74) is 0.248. The molecule has 0 amide bonds. The molecule has 0 aromatic heterocycles. The van der Waals surface area contributed by atoms with E-state index >= 15 is 0 Å². The molecule has 0 heterocycles. The van der Waals surface area contributed by atoms with Crippen molar-refractivity contribution in [3.63, 3.8) is 0 Å². The maximum Gasteiger partial charge on any atom is 0.103 e. The predicted octanol–water partition coefficient (Wildman–Crippen LogP) is 5.36. The Morgan fingerprint density at radius 1 is 1.00 bits per heavy atom. The fourth-order valence-corrected chi connectivity index (χ4v) is 4.01. The van der Waals surface area contributed by atoms with Crippen LogP contribution in [0.4, 0.5) is 0 Å². The lowest BCUT2D eigenvalue weighted by Crippen LogP contribution is -2.33. The normalized spacial score (nSPS) is 17.1. The van der Waals surface area contributed by atoms with Gasteiger partial charge in [0.15, 0.2) is 0 Å². The molecule has 0 spiro atoms. The van der Waals surface area contributed by atoms with Crippen LogP contribution in [-0.2, 0) is 5.60 Å². The van der Waals surface area contributed by atoms with Crippen molar-refractivity contribution < 1.29 is 5.11 Å². The van der Waals surface area contributed by atoms with Gasteiger partial charge in [-0.05, 0) is 50.3 Å². The average molecular weight is 356 g/mol. The lowest BCUT2D eigenvalue weighted by molar-refractivity contribution is -0.0173. The molecule has 1 aromatic rings. The number of unbranched alkanes of at least 4 members (excludes halogenated alkanes) is 2. The van der Waals surface area contributed by atoms with Gasteiger partial charge in [0, 0.05) is 6.42 Å². The minimum Gasteiger partial charge on any atom is -0.384 e. The van der Waals surface area contributed by atoms with Gasteiger partial charge in [0.2, 0.25) is 0 Å². The second-order valence-corrected chi connectivity index (χ2v) is 7.79. The second-order valence-electron chi connectivity index (χ2n) is 7.79. The van der Waals surface area contributed by atoms with Gasteiger partial charge >= 0.3 is 0 Å². The van der Waals surface area contributed by atoms with Gasteiger partial charge in [0.05, 0.1) is 6.54 Å². The maximum atomic E-state index is 11.5. The van der Waals surface area contributed by atoms with Crippen LogP contribution < -0.4 is 0 Å². The first-order valence-electron chi connectivity index (χ1n) is 10.7. The van der Waals surface area contributed by atoms with E-state index < -0.39 is 5.60 Å². The van der Waals surface area contributed by atoms with E-state index in [0.29, 0.717) is 12.3 Å². The molecule has 26 heavy (non-hydrogen) atoms. The number of hydrogen-bond acceptors (Lipinski definition) is 2. The van der Waals surface area contributed by atoms with Gasteiger partial charge in [0.1, 0.15) is 5.60 Å². The van der Waals surface area contributed by atoms with Crippen molar-refractivity contribution >= 4 is 0 Å². The van der Waals surface area contributed by atoms with Crippen molar-refractivity contribution in [2.45, 2.75) is 77.2 Å². The molecular weight excluding hydrogens is 318 g/mol. The molecule has 0 radical (unpaired) electrons. The molecule has 2 heteroatoms. The Morgan fingerprint density at radius 3 is 2.19 bits per heavy atom. The first-order chi connectivity index (χ1) is 12.7. The molecular formula is C24H37NO. The largest absolute Gasteiger partial charge is 0.384 e. The average Bonchev–Trinajstić information content (AvgIpc) is 3.22. The van der Waals surface area contributed by atoms with E-state index in [4.69, 9.17) is 0 Å². The molecule has 1 aliphatic carbocycles. The van der Waals surface area contributed by atoms with E-state index in [-0.39, 0.29) is 0 Å². The Hall–Kier alpha value is -1.30. The predicted molar refractivity (Wildman–Crippen MR) is 111 cm³/mol. The number of rotatable bonds is 10. The molecule has 0 saturated heterocycles. The molecule has 144 valence electrons. The van der Waals surface area contributed by atoms with Gasteiger partial charge in [-0.15, -0.1) is 0 Å². The van der Waals surface area contributed by atoms with Gasteiger partial charge in [-0.1, -0.05) is 81.7 Å². The summed E-state index contributed by atoms with van der Waals surface area (Å²) in [5, 5.41) is 11.5. The first-order valence-corrected chi connectivity index (χ1v) is 10.7. The van der Waals surface area contributed by atoms with Crippen molar-refractivity contribution in [3.05, 3.63) is 35.9 Å². The molecule has 0 bridgehead atoms. The molecule has 1 aromatic carbocycles. The number of nitrogens with zero attached hydrogens (tertiary/aromatic N) is 1. The monoisotopic (exact) mass is 355 g/mol. The highest BCUT2D eigenvalue weighted by Gasteiger charge is 2.39. The third-order valence-electron chi connectivity index (χ3n) is 5.75. The first kappa shape index (κ1) is 21.0. The number of benzene rings is 1. The Morgan fingerprint density at radius 2 is 1.62 bits per heavy atom. The van der Waals surface area contributed by atoms with Gasteiger partial charge in [0.25, 0.3) is 0 Å². The van der Waals surface area contributed by atoms with Crippen LogP contribution in [0.25, 0.3) is 0 Å². The Bertz CT molecular complexity index is 545. The number of aliphatic hydroxyl groups is 1. The van der Waals surface area contributed by atoms with Gasteiger partial charge in [-0.25, -0.2) is 0 Å². The second kappa shape index (κ2) is 11.4. The van der Waals surface area contributed by atoms with Gasteiger partial charge in [-0.2, -0.15) is 0 Å². The highest BCUT2D eigenvalue weighted by Crippen LogP contribution is 2.42. The maximum absolute atomic E-state index is 11.5. The summed E-state index contributed by atoms with van der Waals surface area (Å²) in [5.74, 6) is 7.05. The third kappa shape index (κ3) is 6.15. The van der Waals surface area contributed by atoms with Crippen LogP contribution in [0.15, 0.2) is 30.3 Å². The van der Waals surface area contributed by atoms with Gasteiger partial charge < -0.3 is 5.11 Å². The Balaban J connectivity index is 2.01. The van der Waals surface area contributed by atoms with Crippen LogP contribution in [0.1, 0.15) is 77.2 Å². The van der Waals surface area contributed by atoms with E-state index in [1.54, 1.807) is 0 Å². The van der Waals surface area contributed by atoms with Crippen LogP contribution in [0, 0.1) is 17.8 Å². The zero-order chi connectivity index (χ0) is 18.7. The van der Waals surface area contributed by atoms with E-state index in [0.717, 1.165) is 38.0 Å². The molecule has 1 N–H and O–H groups in total. The van der Waals surface area contributed by atoms with E-state index in [9.17, 15) is 5.11 Å². The minimum atomic E-state index is -0.789. The molecule has 2 rings (SSSR count). The molecule has 1 saturated carbocycles. The fraction of sp³-hybridized carbons (Fsp3) is 0.667. The van der Waals surface area contributed by atoms with E-state index in [1.165, 1.54) is 38.5 Å². The van der Waals surface area contributed by atoms with Crippen LogP contribution in [0.2, 0.25) is 0 Å². The molecule has 1 aliphatic rings. The lowest BCUT2D eigenvalue weighted by Gasteiger charge is -2.33. The lowest BCUT2D eigenvalue weighted by atomic mass is 9.78. The van der Waals surface area contributed by atoms with Crippen molar-refractivity contribution in [2.75, 3.05) is 19.6 Å². The number of hydrogen-bond donors (Lipinski definition) is 1. The molecule has 2 nitrogen and oxygen atoms in total. The zero-order valence-electron chi connectivity index (χ0n) is 16.8. The molecule has 1 atom stereocenters. The van der Waals surface area contributed by atoms with Crippen LogP contribution in [-0.4, -0.2) is 29.6 Å². The third-order valence-corrected chi connectivity index (χ3v) is 5.75. The van der Waals surface area contributed by atoms with Crippen LogP contribution in [0.3, 0.4) is 0 Å². The Labute approximate surface area is 161 Å². The summed E-state index contributed by atoms with van der Waals surface area (Å²) in [6.07, 6.45) is 10.2. The summed E-state index contributed by atoms with van der Waals surface area (Å²) in [6.45, 7) is 7.58. The highest BCUT2D eigenvalue weighted by molar-refractivity contribution is 5.26. The van der Waals surface area contributed by atoms with Crippen molar-refractivity contribution in [3.8, 4) is 11.8 Å². The van der Waals surface area contributed by atoms with Crippen LogP contribution >= 0.6 is 0 Å². The fourth-order valence-electron chi connectivity index (χ4n) is 4.01. The van der Waals surface area contributed by atoms with Crippen molar-refractivity contribution in [2.24, 2.45) is 5.92 Å². The SMILES string of the molecule is CCCCN(CC#CC[C@@](O)(c1ccccc1)C1CCCC1)CCCC. The molecule has 1 fully saturated rings. The topological polar surface area (TPSA) is 23.5 Å². The summed E-state index contributed by atoms with van der Waals surface area (Å²) in [4.78, 5) is 2.47. The summed E-state index contributed by atoms with van der Waals surface area (Å²) in [6, 6.07) is 10.2. The zero-order valence-corrected chi connectivity index (χ0v) is 16.8. The van der Waals surface area contributed by atoms with Crippen LogP contribution in [0.5, 0.6) is 0 Å². The smallest absolute Gasteiger partial charge is 0.103 e. The van der Waals surface area contributed by atoms with Crippen molar-refractivity contribution in [1.29, 1.82) is 0 Å². The summed E-state index contributed by atoms with van der Waals surface area (Å²) < 4.78 is 0. The van der Waals surface area contributed by atoms with Crippen molar-refractivity contribution in [1.82, 2.24) is 4.90 Å². The molecule has 0 unspecified atom stereocenters. The summed E-state index contributed by atoms with van der Waals surface area (Å²) >= 11 is 0. The Kier molecular flexibility index (Phi) is 9.23. The standard InChI is InChI=1S/C24H37NO/c1-3-5-19-25(20-6-4-2)21-13-12-18-24(26,23-16-10-11-17-23)22-14-8-7-9-15-22/h7-9,14-15,23,26H,3-6,10-11,16-21H2,1-2H3/t24-/m1/s1. The quantitative estimate of drug-likeness (QED) is 0.571. The van der Waals surface area contributed by atoms with Gasteiger partial charge in [-0.3, -0.25) is 4.90 Å². The minimum absolute atomic E-state index is 0.343. The van der Waals surface area contributed by atoms with E-state index in [1.807, 2.05) is 18.2 Å². The highest BCUT2D eigenvalue weighted by atomic mass is 16.3.